The summed E-state index contributed by atoms with van der Waals surface area (Å²) in [4.78, 5) is 2.23. The van der Waals surface area contributed by atoms with Crippen molar-refractivity contribution in [2.75, 3.05) is 18.5 Å². The van der Waals surface area contributed by atoms with E-state index >= 15 is 0 Å². The molecule has 3 N–H and O–H groups in total. The van der Waals surface area contributed by atoms with Gasteiger partial charge in [-0.15, -0.1) is 0 Å². The second-order valence-electron chi connectivity index (χ2n) is 5.07. The molecule has 2 rings (SSSR count). The van der Waals surface area contributed by atoms with Crippen molar-refractivity contribution in [3.63, 3.8) is 0 Å². The van der Waals surface area contributed by atoms with Crippen molar-refractivity contribution in [3.8, 4) is 0 Å². The smallest absolute Gasteiger partial charge is 0.123 e. The maximum Gasteiger partial charge on any atom is 0.123 e. The van der Waals surface area contributed by atoms with Gasteiger partial charge in [-0.05, 0) is 42.7 Å². The van der Waals surface area contributed by atoms with E-state index in [-0.39, 0.29) is 5.84 Å². The number of hydrogen-bond acceptors (Lipinski definition) is 2. The fraction of sp³-hybridized carbons (Fsp3) is 0.235. The first-order valence-corrected chi connectivity index (χ1v) is 6.78. The van der Waals surface area contributed by atoms with Gasteiger partial charge in [-0.25, -0.2) is 0 Å². The van der Waals surface area contributed by atoms with E-state index in [4.69, 9.17) is 11.1 Å². The maximum atomic E-state index is 7.51. The Morgan fingerprint density at radius 2 is 1.85 bits per heavy atom. The van der Waals surface area contributed by atoms with Gasteiger partial charge in [0.25, 0.3) is 0 Å². The number of anilines is 1. The van der Waals surface area contributed by atoms with E-state index in [1.165, 1.54) is 5.56 Å². The van der Waals surface area contributed by atoms with Crippen molar-refractivity contribution in [2.45, 2.75) is 13.3 Å². The summed E-state index contributed by atoms with van der Waals surface area (Å²) in [6.07, 6.45) is 1.02. The Balaban J connectivity index is 2.04. The van der Waals surface area contributed by atoms with E-state index in [1.54, 1.807) is 0 Å². The van der Waals surface area contributed by atoms with E-state index in [0.29, 0.717) is 0 Å². The molecular weight excluding hydrogens is 246 g/mol. The fourth-order valence-electron chi connectivity index (χ4n) is 2.26. The van der Waals surface area contributed by atoms with E-state index < -0.39 is 0 Å². The van der Waals surface area contributed by atoms with Crippen molar-refractivity contribution in [1.29, 1.82) is 5.41 Å². The van der Waals surface area contributed by atoms with Gasteiger partial charge in [0.1, 0.15) is 5.84 Å². The van der Waals surface area contributed by atoms with E-state index in [1.807, 2.05) is 25.1 Å². The third-order valence-electron chi connectivity index (χ3n) is 3.52. The third kappa shape index (κ3) is 3.38. The van der Waals surface area contributed by atoms with Gasteiger partial charge in [0.2, 0.25) is 0 Å². The molecule has 0 spiro atoms. The molecule has 0 radical (unpaired) electrons. The van der Waals surface area contributed by atoms with Gasteiger partial charge >= 0.3 is 0 Å². The maximum absolute atomic E-state index is 7.51. The first-order chi connectivity index (χ1) is 9.58. The number of nitrogens with one attached hydrogen (secondary N) is 1. The molecule has 0 amide bonds. The van der Waals surface area contributed by atoms with Gasteiger partial charge < -0.3 is 10.6 Å². The van der Waals surface area contributed by atoms with Crippen LogP contribution in [-0.2, 0) is 6.42 Å². The van der Waals surface area contributed by atoms with Crippen LogP contribution in [0.1, 0.15) is 16.7 Å². The van der Waals surface area contributed by atoms with Crippen LogP contribution in [0.2, 0.25) is 0 Å². The Hall–Kier alpha value is -2.29. The molecule has 0 saturated heterocycles. The summed E-state index contributed by atoms with van der Waals surface area (Å²) >= 11 is 0. The molecule has 2 aromatic rings. The molecule has 2 aromatic carbocycles. The largest absolute Gasteiger partial charge is 0.384 e. The number of amidine groups is 1. The third-order valence-corrected chi connectivity index (χ3v) is 3.52. The highest BCUT2D eigenvalue weighted by Gasteiger charge is 2.06. The summed E-state index contributed by atoms with van der Waals surface area (Å²) in [5.41, 5.74) is 9.90. The zero-order valence-corrected chi connectivity index (χ0v) is 12.1. The van der Waals surface area contributed by atoms with Crippen molar-refractivity contribution < 1.29 is 0 Å². The summed E-state index contributed by atoms with van der Waals surface area (Å²) in [7, 11) is 2.09. The van der Waals surface area contributed by atoms with Crippen LogP contribution in [-0.4, -0.2) is 19.4 Å². The molecule has 3 heteroatoms. The zero-order valence-electron chi connectivity index (χ0n) is 12.1. The standard InChI is InChI=1S/C17H21N3/c1-13-12-15(8-9-16(13)17(18)19)20(2)11-10-14-6-4-3-5-7-14/h3-9,12H,10-11H2,1-2H3,(H3,18,19). The minimum atomic E-state index is 0.126. The Morgan fingerprint density at radius 1 is 1.15 bits per heavy atom. The Morgan fingerprint density at radius 3 is 2.45 bits per heavy atom. The van der Waals surface area contributed by atoms with Crippen LogP contribution in [0.15, 0.2) is 48.5 Å². The lowest BCUT2D eigenvalue weighted by atomic mass is 10.1. The van der Waals surface area contributed by atoms with Crippen LogP contribution in [0, 0.1) is 12.3 Å². The molecule has 0 heterocycles. The monoisotopic (exact) mass is 267 g/mol. The molecule has 0 atom stereocenters. The fourth-order valence-corrected chi connectivity index (χ4v) is 2.26. The molecule has 0 aliphatic carbocycles. The highest BCUT2D eigenvalue weighted by molar-refractivity contribution is 5.96. The van der Waals surface area contributed by atoms with E-state index in [2.05, 4.69) is 42.3 Å². The predicted octanol–water partition coefficient (Wildman–Crippen LogP) is 2.96. The molecule has 0 aliphatic heterocycles. The van der Waals surface area contributed by atoms with Gasteiger partial charge in [-0.1, -0.05) is 30.3 Å². The summed E-state index contributed by atoms with van der Waals surface area (Å²) in [6.45, 7) is 2.95. The first kappa shape index (κ1) is 14.1. The van der Waals surface area contributed by atoms with Gasteiger partial charge in [0.15, 0.2) is 0 Å². The van der Waals surface area contributed by atoms with Crippen molar-refractivity contribution in [1.82, 2.24) is 0 Å². The molecule has 104 valence electrons. The summed E-state index contributed by atoms with van der Waals surface area (Å²) in [5.74, 6) is 0.126. The summed E-state index contributed by atoms with van der Waals surface area (Å²) in [5, 5.41) is 7.51. The molecule has 0 fully saturated rings. The topological polar surface area (TPSA) is 53.1 Å². The molecule has 0 aliphatic rings. The van der Waals surface area contributed by atoms with Crippen LogP contribution >= 0.6 is 0 Å². The average Bonchev–Trinajstić information content (AvgIpc) is 2.45. The average molecular weight is 267 g/mol. The van der Waals surface area contributed by atoms with Crippen molar-refractivity contribution in [3.05, 3.63) is 65.2 Å². The quantitative estimate of drug-likeness (QED) is 0.646. The lowest BCUT2D eigenvalue weighted by Crippen LogP contribution is -2.21. The Labute approximate surface area is 120 Å². The number of hydrogen-bond donors (Lipinski definition) is 2. The van der Waals surface area contributed by atoms with Crippen molar-refractivity contribution >= 4 is 11.5 Å². The summed E-state index contributed by atoms with van der Waals surface area (Å²) < 4.78 is 0. The lowest BCUT2D eigenvalue weighted by Gasteiger charge is -2.20. The predicted molar refractivity (Wildman–Crippen MR) is 85.6 cm³/mol. The second kappa shape index (κ2) is 6.24. The highest BCUT2D eigenvalue weighted by Crippen LogP contribution is 2.18. The van der Waals surface area contributed by atoms with Crippen LogP contribution < -0.4 is 10.6 Å². The van der Waals surface area contributed by atoms with Crippen LogP contribution in [0.25, 0.3) is 0 Å². The van der Waals surface area contributed by atoms with E-state index in [9.17, 15) is 0 Å². The number of benzene rings is 2. The molecule has 3 nitrogen and oxygen atoms in total. The minimum Gasteiger partial charge on any atom is -0.384 e. The molecule has 0 aromatic heterocycles. The van der Waals surface area contributed by atoms with Crippen LogP contribution in [0.4, 0.5) is 5.69 Å². The Bertz CT molecular complexity index is 590. The number of rotatable bonds is 5. The molecule has 0 unspecified atom stereocenters. The van der Waals surface area contributed by atoms with Gasteiger partial charge in [-0.3, -0.25) is 5.41 Å². The van der Waals surface area contributed by atoms with Gasteiger partial charge in [0, 0.05) is 24.8 Å². The second-order valence-corrected chi connectivity index (χ2v) is 5.07. The number of nitrogens with zero attached hydrogens (tertiary/aromatic N) is 1. The number of aryl methyl sites for hydroxylation is 1. The highest BCUT2D eigenvalue weighted by atomic mass is 15.1. The van der Waals surface area contributed by atoms with Crippen LogP contribution in [0.3, 0.4) is 0 Å². The molecular formula is C17H21N3. The van der Waals surface area contributed by atoms with Crippen molar-refractivity contribution in [2.24, 2.45) is 5.73 Å². The lowest BCUT2D eigenvalue weighted by molar-refractivity contribution is 0.876. The summed E-state index contributed by atoms with van der Waals surface area (Å²) in [6, 6.07) is 16.5. The van der Waals surface area contributed by atoms with Gasteiger partial charge in [-0.2, -0.15) is 0 Å². The number of nitrogen functional groups attached to an aromatic ring is 1. The first-order valence-electron chi connectivity index (χ1n) is 6.78. The molecule has 20 heavy (non-hydrogen) atoms. The zero-order chi connectivity index (χ0) is 14.5. The molecule has 0 saturated carbocycles. The Kier molecular flexibility index (Phi) is 4.41. The SMILES string of the molecule is Cc1cc(N(C)CCc2ccccc2)ccc1C(=N)N. The number of nitrogens with two attached hydrogens (primary N) is 1. The van der Waals surface area contributed by atoms with E-state index in [0.717, 1.165) is 29.8 Å². The molecule has 0 bridgehead atoms. The number of likely N-dealkylation sites (N-methyl/N-ethyl adjacent to an activating group) is 1. The minimum absolute atomic E-state index is 0.126. The van der Waals surface area contributed by atoms with Crippen LogP contribution in [0.5, 0.6) is 0 Å². The van der Waals surface area contributed by atoms with Gasteiger partial charge in [0.05, 0.1) is 0 Å². The normalized spacial score (nSPS) is 10.3.